The smallest absolute Gasteiger partial charge is 0.119 e. The van der Waals surface area contributed by atoms with Crippen LogP contribution in [0.4, 0.5) is 0 Å². The first-order valence-electron chi connectivity index (χ1n) is 18.4. The van der Waals surface area contributed by atoms with Gasteiger partial charge < -0.3 is 15.3 Å². The van der Waals surface area contributed by atoms with Gasteiger partial charge in [0, 0.05) is 5.92 Å². The Labute approximate surface area is 277 Å². The second-order valence-corrected chi connectivity index (χ2v) is 15.1. The van der Waals surface area contributed by atoms with Crippen LogP contribution in [0, 0.1) is 20.8 Å². The summed E-state index contributed by atoms with van der Waals surface area (Å²) in [6.07, 6.45) is 20.5. The average molecular weight is 621 g/mol. The standard InChI is InChI=1S/C43H56O3/c1-27(34-24-37(41(44)21-28(34)2)31-14-8-5-9-15-31)20-40(35-25-38(42(45)22-29(35)3)32-16-10-6-11-17-32)36-26-39(43(46)23-30(36)4)33-18-12-7-13-19-33/h20-27,31-33,44-46H,5-19H2,1-4H3. The minimum Gasteiger partial charge on any atom is -0.508 e. The maximum atomic E-state index is 11.2. The number of hydrogen-bond acceptors (Lipinski definition) is 3. The van der Waals surface area contributed by atoms with Crippen LogP contribution in [-0.2, 0) is 0 Å². The lowest BCUT2D eigenvalue weighted by Gasteiger charge is -2.27. The van der Waals surface area contributed by atoms with Crippen LogP contribution in [0.1, 0.15) is 177 Å². The molecule has 1 atom stereocenters. The molecule has 246 valence electrons. The Balaban J connectivity index is 1.51. The number of aryl methyl sites for hydroxylation is 3. The molecule has 0 spiro atoms. The van der Waals surface area contributed by atoms with Crippen molar-refractivity contribution in [2.75, 3.05) is 0 Å². The highest BCUT2D eigenvalue weighted by molar-refractivity contribution is 5.85. The summed E-state index contributed by atoms with van der Waals surface area (Å²) in [4.78, 5) is 0. The molecule has 3 fully saturated rings. The molecule has 0 heterocycles. The fourth-order valence-electron chi connectivity index (χ4n) is 9.10. The van der Waals surface area contributed by atoms with Gasteiger partial charge in [0.25, 0.3) is 0 Å². The zero-order valence-electron chi connectivity index (χ0n) is 28.8. The molecule has 46 heavy (non-hydrogen) atoms. The second kappa shape index (κ2) is 14.3. The average Bonchev–Trinajstić information content (AvgIpc) is 3.05. The number of allylic oxidation sites excluding steroid dienone is 1. The summed E-state index contributed by atoms with van der Waals surface area (Å²) in [5.74, 6) is 2.62. The summed E-state index contributed by atoms with van der Waals surface area (Å²) in [5.41, 5.74) is 11.4. The van der Waals surface area contributed by atoms with Crippen LogP contribution in [0.15, 0.2) is 42.5 Å². The van der Waals surface area contributed by atoms with Gasteiger partial charge in [-0.05, 0) is 163 Å². The van der Waals surface area contributed by atoms with E-state index in [4.69, 9.17) is 0 Å². The highest BCUT2D eigenvalue weighted by atomic mass is 16.3. The van der Waals surface area contributed by atoms with E-state index in [2.05, 4.69) is 52.0 Å². The lowest BCUT2D eigenvalue weighted by molar-refractivity contribution is 0.413. The molecule has 0 bridgehead atoms. The summed E-state index contributed by atoms with van der Waals surface area (Å²) < 4.78 is 0. The lowest BCUT2D eigenvalue weighted by atomic mass is 9.78. The Hall–Kier alpha value is -3.20. The molecule has 3 nitrogen and oxygen atoms in total. The van der Waals surface area contributed by atoms with E-state index >= 15 is 0 Å². The van der Waals surface area contributed by atoms with Crippen molar-refractivity contribution in [2.45, 2.75) is 148 Å². The van der Waals surface area contributed by atoms with E-state index in [0.29, 0.717) is 35.0 Å². The van der Waals surface area contributed by atoms with Crippen molar-refractivity contribution < 1.29 is 15.3 Å². The topological polar surface area (TPSA) is 60.7 Å². The quantitative estimate of drug-likeness (QED) is 0.246. The molecule has 6 rings (SSSR count). The monoisotopic (exact) mass is 620 g/mol. The third-order valence-electron chi connectivity index (χ3n) is 11.8. The van der Waals surface area contributed by atoms with E-state index in [1.54, 1.807) is 0 Å². The van der Waals surface area contributed by atoms with E-state index in [-0.39, 0.29) is 5.92 Å². The number of phenols is 3. The Bertz CT molecular complexity index is 1490. The van der Waals surface area contributed by atoms with Crippen molar-refractivity contribution in [3.05, 3.63) is 92.5 Å². The maximum Gasteiger partial charge on any atom is 0.119 e. The second-order valence-electron chi connectivity index (χ2n) is 15.1. The van der Waals surface area contributed by atoms with E-state index in [1.165, 1.54) is 80.1 Å². The van der Waals surface area contributed by atoms with Gasteiger partial charge in [0.2, 0.25) is 0 Å². The predicted octanol–water partition coefficient (Wildman–Crippen LogP) is 12.1. The fraction of sp³-hybridized carbons (Fsp3) is 0.535. The van der Waals surface area contributed by atoms with Crippen LogP contribution in [0.3, 0.4) is 0 Å². The molecule has 3 saturated carbocycles. The van der Waals surface area contributed by atoms with Crippen LogP contribution in [0.5, 0.6) is 17.2 Å². The van der Waals surface area contributed by atoms with Crippen LogP contribution in [0.25, 0.3) is 5.57 Å². The number of benzene rings is 3. The molecule has 1 unspecified atom stereocenters. The van der Waals surface area contributed by atoms with Gasteiger partial charge in [0.1, 0.15) is 17.2 Å². The van der Waals surface area contributed by atoms with Crippen LogP contribution in [-0.4, -0.2) is 15.3 Å². The Morgan fingerprint density at radius 3 is 1.26 bits per heavy atom. The first-order chi connectivity index (χ1) is 22.2. The molecule has 3 aliphatic carbocycles. The summed E-state index contributed by atoms with van der Waals surface area (Å²) >= 11 is 0. The third-order valence-corrected chi connectivity index (χ3v) is 11.8. The molecule has 3 aromatic rings. The molecule has 3 aromatic carbocycles. The van der Waals surface area contributed by atoms with Crippen molar-refractivity contribution in [3.63, 3.8) is 0 Å². The first-order valence-corrected chi connectivity index (χ1v) is 18.4. The molecule has 3 aliphatic rings. The Morgan fingerprint density at radius 2 is 0.870 bits per heavy atom. The molecular formula is C43H56O3. The molecule has 0 amide bonds. The van der Waals surface area contributed by atoms with Crippen LogP contribution >= 0.6 is 0 Å². The molecular weight excluding hydrogens is 564 g/mol. The van der Waals surface area contributed by atoms with E-state index < -0.39 is 0 Å². The highest BCUT2D eigenvalue weighted by Crippen LogP contribution is 2.45. The SMILES string of the molecule is Cc1cc(O)c(C2CCCCC2)cc1C(=CC(C)c1cc(C2CCCCC2)c(O)cc1C)c1cc(C2CCCCC2)c(O)cc1C. The zero-order valence-corrected chi connectivity index (χ0v) is 28.8. The summed E-state index contributed by atoms with van der Waals surface area (Å²) in [6, 6.07) is 12.9. The van der Waals surface area contributed by atoms with Crippen molar-refractivity contribution in [1.82, 2.24) is 0 Å². The first kappa shape index (κ1) is 32.7. The van der Waals surface area contributed by atoms with Gasteiger partial charge in [0.05, 0.1) is 0 Å². The number of hydrogen-bond donors (Lipinski definition) is 3. The largest absolute Gasteiger partial charge is 0.508 e. The zero-order chi connectivity index (χ0) is 32.4. The third kappa shape index (κ3) is 6.90. The van der Waals surface area contributed by atoms with E-state index in [9.17, 15) is 15.3 Å². The maximum absolute atomic E-state index is 11.2. The summed E-state index contributed by atoms with van der Waals surface area (Å²) in [5, 5.41) is 33.5. The molecule has 0 radical (unpaired) electrons. The van der Waals surface area contributed by atoms with Crippen LogP contribution in [0.2, 0.25) is 0 Å². The van der Waals surface area contributed by atoms with Gasteiger partial charge in [-0.15, -0.1) is 0 Å². The minimum absolute atomic E-state index is 0.107. The van der Waals surface area contributed by atoms with Gasteiger partial charge in [-0.1, -0.05) is 76.9 Å². The van der Waals surface area contributed by atoms with Gasteiger partial charge in [0.15, 0.2) is 0 Å². The Kier molecular flexibility index (Phi) is 10.2. The highest BCUT2D eigenvalue weighted by Gasteiger charge is 2.26. The summed E-state index contributed by atoms with van der Waals surface area (Å²) in [7, 11) is 0. The van der Waals surface area contributed by atoms with Gasteiger partial charge in [-0.3, -0.25) is 0 Å². The predicted molar refractivity (Wildman–Crippen MR) is 192 cm³/mol. The van der Waals surface area contributed by atoms with E-state index in [1.807, 2.05) is 18.2 Å². The van der Waals surface area contributed by atoms with Gasteiger partial charge >= 0.3 is 0 Å². The Morgan fingerprint density at radius 1 is 0.522 bits per heavy atom. The molecule has 3 N–H and O–H groups in total. The number of phenolic OH excluding ortho intramolecular Hbond substituents is 3. The molecule has 3 heteroatoms. The van der Waals surface area contributed by atoms with Crippen LogP contribution < -0.4 is 0 Å². The summed E-state index contributed by atoms with van der Waals surface area (Å²) in [6.45, 7) is 8.68. The normalized spacial score (nSPS) is 19.2. The number of rotatable bonds is 7. The van der Waals surface area contributed by atoms with Crippen molar-refractivity contribution in [2.24, 2.45) is 0 Å². The molecule has 0 saturated heterocycles. The lowest BCUT2D eigenvalue weighted by Crippen LogP contribution is -2.09. The number of aromatic hydroxyl groups is 3. The van der Waals surface area contributed by atoms with Crippen molar-refractivity contribution >= 4 is 5.57 Å². The fourth-order valence-corrected chi connectivity index (χ4v) is 9.10. The van der Waals surface area contributed by atoms with Gasteiger partial charge in [-0.2, -0.15) is 0 Å². The van der Waals surface area contributed by atoms with E-state index in [0.717, 1.165) is 71.9 Å². The molecule has 0 aromatic heterocycles. The minimum atomic E-state index is 0.107. The van der Waals surface area contributed by atoms with Crippen molar-refractivity contribution in [3.8, 4) is 17.2 Å². The van der Waals surface area contributed by atoms with Gasteiger partial charge in [-0.25, -0.2) is 0 Å². The molecule has 0 aliphatic heterocycles. The van der Waals surface area contributed by atoms with Crippen molar-refractivity contribution in [1.29, 1.82) is 0 Å².